The number of amides is 1. The summed E-state index contributed by atoms with van der Waals surface area (Å²) >= 11 is 0. The molecule has 0 aromatic carbocycles. The Labute approximate surface area is 86.3 Å². The highest BCUT2D eigenvalue weighted by molar-refractivity contribution is 5.77. The summed E-state index contributed by atoms with van der Waals surface area (Å²) in [6, 6.07) is -1.32. The second kappa shape index (κ2) is 6.46. The van der Waals surface area contributed by atoms with Gasteiger partial charge >= 0.3 is 0 Å². The summed E-state index contributed by atoms with van der Waals surface area (Å²) in [5, 5.41) is 38.2. The molecule has 0 spiro atoms. The molecule has 0 aromatic rings. The van der Waals surface area contributed by atoms with Crippen molar-refractivity contribution in [3.05, 3.63) is 0 Å². The molecule has 0 rings (SSSR count). The van der Waals surface area contributed by atoms with Crippen molar-refractivity contribution < 1.29 is 30.0 Å². The molecule has 88 valence electrons. The fourth-order valence-corrected chi connectivity index (χ4v) is 0.983. The van der Waals surface area contributed by atoms with Crippen LogP contribution in [-0.4, -0.2) is 63.6 Å². The molecule has 4 atom stereocenters. The second-order valence-corrected chi connectivity index (χ2v) is 3.09. The fraction of sp³-hybridized carbons (Fsp3) is 0.750. The molecule has 0 radical (unpaired) electrons. The highest BCUT2D eigenvalue weighted by Crippen LogP contribution is 2.03. The normalized spacial score (nSPS) is 18.7. The maximum Gasteiger partial charge on any atom is 0.217 e. The Bertz CT molecular complexity index is 221. The van der Waals surface area contributed by atoms with Gasteiger partial charge in [0, 0.05) is 6.92 Å². The van der Waals surface area contributed by atoms with Crippen LogP contribution in [0.1, 0.15) is 6.92 Å². The van der Waals surface area contributed by atoms with Crippen molar-refractivity contribution in [1.29, 1.82) is 0 Å². The Morgan fingerprint density at radius 1 is 1.33 bits per heavy atom. The molecule has 1 amide bonds. The first-order valence-electron chi connectivity index (χ1n) is 4.31. The van der Waals surface area contributed by atoms with Crippen LogP contribution in [0.3, 0.4) is 0 Å². The average molecular weight is 225 g/mol. The number of aliphatic hydroxyl groups is 4. The molecule has 0 saturated heterocycles. The zero-order chi connectivity index (χ0) is 12.0. The predicted octanol–water partition coefficient (Wildman–Crippen LogP) is -3.23. The number of hydrogen-bond acceptors (Lipinski definition) is 6. The number of aliphatic hydroxyl groups excluding tert-OH is 4. The van der Waals surface area contributed by atoms with Gasteiger partial charge in [-0.2, -0.15) is 0 Å². The number of carbonyl (C=O) groups is 2. The lowest BCUT2D eigenvalue weighted by atomic mass is 10.1. The standard InChI is InChI=1S/C8H15NO6/c1-4(12)9-5(2-10)7(14)8(15)6(13)3-11/h2,5-8,11,13-15H,3H2,1H3,(H,9,12)/t5-,6+,7-,8-/m0/s1/i1+1,2+1,4+1,9+1. The van der Waals surface area contributed by atoms with Gasteiger partial charge in [0.2, 0.25) is 5.91 Å². The summed E-state index contributed by atoms with van der Waals surface area (Å²) in [6.45, 7) is 0.377. The lowest BCUT2D eigenvalue weighted by Crippen LogP contribution is -2.53. The van der Waals surface area contributed by atoms with E-state index in [-0.39, 0.29) is 6.29 Å². The number of nitrogens with one attached hydrogen (secondary N) is 1. The third-order valence-electron chi connectivity index (χ3n) is 1.82. The first-order valence-corrected chi connectivity index (χ1v) is 4.31. The van der Waals surface area contributed by atoms with Gasteiger partial charge < -0.3 is 30.5 Å². The van der Waals surface area contributed by atoms with E-state index < -0.39 is 36.9 Å². The topological polar surface area (TPSA) is 127 Å². The summed E-state index contributed by atoms with van der Waals surface area (Å²) < 4.78 is 0. The largest absolute Gasteiger partial charge is 0.394 e. The van der Waals surface area contributed by atoms with Gasteiger partial charge in [-0.25, -0.2) is 0 Å². The molecule has 7 heteroatoms. The van der Waals surface area contributed by atoms with E-state index >= 15 is 0 Å². The molecule has 0 aliphatic rings. The van der Waals surface area contributed by atoms with E-state index in [1.165, 1.54) is 0 Å². The number of hydrogen-bond donors (Lipinski definition) is 5. The molecule has 0 saturated carbocycles. The first-order chi connectivity index (χ1) is 6.93. The summed E-state index contributed by atoms with van der Waals surface area (Å²) in [6.07, 6.45) is -4.72. The lowest BCUT2D eigenvalue weighted by molar-refractivity contribution is -0.129. The minimum absolute atomic E-state index is 0.235. The van der Waals surface area contributed by atoms with Gasteiger partial charge in [-0.3, -0.25) is 4.79 Å². The Balaban J connectivity index is 4.42. The van der Waals surface area contributed by atoms with Crippen LogP contribution in [0, 0.1) is 0 Å². The Morgan fingerprint density at radius 2 is 1.87 bits per heavy atom. The smallest absolute Gasteiger partial charge is 0.217 e. The summed E-state index contributed by atoms with van der Waals surface area (Å²) in [5.41, 5.74) is 0. The first kappa shape index (κ1) is 14.0. The number of carbonyl (C=O) groups excluding carboxylic acids is 2. The van der Waals surface area contributed by atoms with Crippen molar-refractivity contribution in [1.82, 2.24) is 5.32 Å². The van der Waals surface area contributed by atoms with Crippen LogP contribution in [0.5, 0.6) is 0 Å². The molecule has 5 N–H and O–H groups in total. The summed E-state index contributed by atoms with van der Waals surface area (Å²) in [7, 11) is 0. The third kappa shape index (κ3) is 4.34. The quantitative estimate of drug-likeness (QED) is 0.184. The molecule has 0 aliphatic heterocycles. The maximum absolute atomic E-state index is 10.6. The molecule has 0 aromatic heterocycles. The van der Waals surface area contributed by atoms with Gasteiger partial charge in [0.1, 0.15) is 30.6 Å². The third-order valence-corrected chi connectivity index (χ3v) is 1.82. The molecule has 15 heavy (non-hydrogen) atoms. The van der Waals surface area contributed by atoms with Crippen LogP contribution in [0.15, 0.2) is 0 Å². The summed E-state index contributed by atoms with van der Waals surface area (Å²) in [4.78, 5) is 21.1. The second-order valence-electron chi connectivity index (χ2n) is 3.09. The van der Waals surface area contributed by atoms with E-state index in [1.807, 2.05) is 0 Å². The lowest BCUT2D eigenvalue weighted by Gasteiger charge is -2.25. The van der Waals surface area contributed by atoms with Gasteiger partial charge in [0.25, 0.3) is 0 Å². The fourth-order valence-electron chi connectivity index (χ4n) is 0.983. The minimum atomic E-state index is -1.71. The van der Waals surface area contributed by atoms with Crippen molar-refractivity contribution >= 4 is 12.2 Å². The van der Waals surface area contributed by atoms with Crippen LogP contribution in [0.25, 0.3) is 0 Å². The van der Waals surface area contributed by atoms with Gasteiger partial charge in [0.05, 0.1) is 6.61 Å². The molecule has 0 fully saturated rings. The van der Waals surface area contributed by atoms with Gasteiger partial charge in [-0.1, -0.05) is 0 Å². The van der Waals surface area contributed by atoms with Crippen molar-refractivity contribution in [3.63, 3.8) is 0 Å². The van der Waals surface area contributed by atoms with E-state index in [1.54, 1.807) is 0 Å². The van der Waals surface area contributed by atoms with Gasteiger partial charge in [-0.15, -0.1) is 0 Å². The van der Waals surface area contributed by atoms with Crippen LogP contribution in [0.4, 0.5) is 0 Å². The zero-order valence-corrected chi connectivity index (χ0v) is 8.20. The van der Waals surface area contributed by atoms with Crippen molar-refractivity contribution in [3.8, 4) is 0 Å². The average Bonchev–Trinajstić information content (AvgIpc) is 2.22. The van der Waals surface area contributed by atoms with Crippen LogP contribution in [0.2, 0.25) is 0 Å². The van der Waals surface area contributed by atoms with Gasteiger partial charge in [-0.05, 0) is 0 Å². The van der Waals surface area contributed by atoms with E-state index in [2.05, 4.69) is 5.32 Å². The zero-order valence-electron chi connectivity index (χ0n) is 8.20. The maximum atomic E-state index is 10.6. The predicted molar refractivity (Wildman–Crippen MR) is 48.8 cm³/mol. The highest BCUT2D eigenvalue weighted by Gasteiger charge is 2.31. The van der Waals surface area contributed by atoms with Crippen LogP contribution >= 0.6 is 0 Å². The number of aldehydes is 1. The minimum Gasteiger partial charge on any atom is -0.394 e. The SMILES string of the molecule is [13CH3][13C](=O)[15NH][C@@H]([13CH]=O)[C@H](O)[C@@H](O)[C@H](O)CO. The Morgan fingerprint density at radius 3 is 2.20 bits per heavy atom. The monoisotopic (exact) mass is 225 g/mol. The van der Waals surface area contributed by atoms with Crippen molar-refractivity contribution in [2.75, 3.05) is 6.61 Å². The molecule has 0 heterocycles. The Kier molecular flexibility index (Phi) is 6.02. The van der Waals surface area contributed by atoms with E-state index in [0.717, 1.165) is 6.92 Å². The van der Waals surface area contributed by atoms with Crippen LogP contribution in [-0.2, 0) is 9.59 Å². The molecular weight excluding hydrogens is 210 g/mol. The van der Waals surface area contributed by atoms with E-state index in [9.17, 15) is 19.8 Å². The number of rotatable bonds is 6. The molecule has 0 bridgehead atoms. The van der Waals surface area contributed by atoms with E-state index in [4.69, 9.17) is 10.2 Å². The molecular formula is C8H15NO6. The van der Waals surface area contributed by atoms with Crippen molar-refractivity contribution in [2.24, 2.45) is 0 Å². The summed E-state index contributed by atoms with van der Waals surface area (Å²) in [5.74, 6) is -0.558. The van der Waals surface area contributed by atoms with E-state index in [0.29, 0.717) is 0 Å². The van der Waals surface area contributed by atoms with Crippen molar-refractivity contribution in [2.45, 2.75) is 31.3 Å². The highest BCUT2D eigenvalue weighted by atomic mass is 16.4. The molecule has 7 nitrogen and oxygen atoms in total. The Hall–Kier alpha value is -1.02. The van der Waals surface area contributed by atoms with Gasteiger partial charge in [0.15, 0.2) is 0 Å². The van der Waals surface area contributed by atoms with Crippen LogP contribution < -0.4 is 5.32 Å². The molecule has 0 unspecified atom stereocenters. The molecule has 0 aliphatic carbocycles.